The summed E-state index contributed by atoms with van der Waals surface area (Å²) < 4.78 is 13.4. The molecule has 0 radical (unpaired) electrons. The van der Waals surface area contributed by atoms with E-state index in [4.69, 9.17) is 11.6 Å². The zero-order valence-corrected chi connectivity index (χ0v) is 20.5. The Kier molecular flexibility index (Phi) is 8.16. The summed E-state index contributed by atoms with van der Waals surface area (Å²) in [4.78, 5) is 32.0. The van der Waals surface area contributed by atoms with Gasteiger partial charge in [0, 0.05) is 62.0 Å². The van der Waals surface area contributed by atoms with Gasteiger partial charge in [0.05, 0.1) is 0 Å². The number of nitrogens with zero attached hydrogens (tertiary/aromatic N) is 3. The second kappa shape index (κ2) is 11.5. The molecule has 3 aromatic carbocycles. The van der Waals surface area contributed by atoms with Crippen LogP contribution in [0.5, 0.6) is 0 Å². The highest BCUT2D eigenvalue weighted by atomic mass is 35.5. The van der Waals surface area contributed by atoms with Crippen molar-refractivity contribution >= 4 is 23.4 Å². The first-order valence-electron chi connectivity index (χ1n) is 11.8. The van der Waals surface area contributed by atoms with Gasteiger partial charge in [0.25, 0.3) is 11.8 Å². The van der Waals surface area contributed by atoms with Crippen LogP contribution < -0.4 is 0 Å². The third kappa shape index (κ3) is 6.68. The summed E-state index contributed by atoms with van der Waals surface area (Å²) >= 11 is 5.93. The van der Waals surface area contributed by atoms with Gasteiger partial charge in [0.15, 0.2) is 0 Å². The highest BCUT2D eigenvalue weighted by Crippen LogP contribution is 2.15. The Morgan fingerprint density at radius 1 is 0.857 bits per heavy atom. The second-order valence-corrected chi connectivity index (χ2v) is 9.30. The monoisotopic (exact) mass is 493 g/mol. The van der Waals surface area contributed by atoms with Crippen molar-refractivity contribution in [2.45, 2.75) is 13.5 Å². The van der Waals surface area contributed by atoms with Gasteiger partial charge in [-0.2, -0.15) is 0 Å². The third-order valence-electron chi connectivity index (χ3n) is 6.31. The van der Waals surface area contributed by atoms with Crippen LogP contribution in [0.2, 0.25) is 5.02 Å². The molecule has 35 heavy (non-hydrogen) atoms. The molecule has 0 unspecified atom stereocenters. The summed E-state index contributed by atoms with van der Waals surface area (Å²) in [6.07, 6.45) is 0. The summed E-state index contributed by atoms with van der Waals surface area (Å²) in [5.74, 6) is -0.337. The molecule has 4 rings (SSSR count). The van der Waals surface area contributed by atoms with Crippen LogP contribution in [0.15, 0.2) is 72.8 Å². The molecular formula is C28H29ClFN3O2. The Morgan fingerprint density at radius 3 is 2.09 bits per heavy atom. The number of piperazine rings is 1. The fourth-order valence-electron chi connectivity index (χ4n) is 4.15. The van der Waals surface area contributed by atoms with Crippen molar-refractivity contribution in [1.82, 2.24) is 14.7 Å². The summed E-state index contributed by atoms with van der Waals surface area (Å²) in [6, 6.07) is 20.8. The van der Waals surface area contributed by atoms with Crippen LogP contribution in [0, 0.1) is 12.7 Å². The van der Waals surface area contributed by atoms with Crippen molar-refractivity contribution in [3.8, 4) is 0 Å². The van der Waals surface area contributed by atoms with Crippen molar-refractivity contribution in [2.24, 2.45) is 0 Å². The predicted molar refractivity (Wildman–Crippen MR) is 136 cm³/mol. The standard InChI is InChI=1S/C28H29ClFN3O2/c1-21-2-6-23(7-3-21)28(35)33(20-22-4-12-26(30)13-5-22)19-16-31-14-17-32(18-15-31)27(34)24-8-10-25(29)11-9-24/h2-13H,14-20H2,1H3. The van der Waals surface area contributed by atoms with E-state index in [1.807, 2.05) is 41.0 Å². The lowest BCUT2D eigenvalue weighted by molar-refractivity contribution is 0.0598. The largest absolute Gasteiger partial charge is 0.336 e. The minimum atomic E-state index is -0.295. The number of carbonyl (C=O) groups excluding carboxylic acids is 2. The van der Waals surface area contributed by atoms with Crippen LogP contribution in [0.3, 0.4) is 0 Å². The molecule has 0 bridgehead atoms. The summed E-state index contributed by atoms with van der Waals surface area (Å²) in [5.41, 5.74) is 3.25. The number of amides is 2. The van der Waals surface area contributed by atoms with Crippen LogP contribution in [-0.2, 0) is 6.54 Å². The van der Waals surface area contributed by atoms with E-state index in [1.165, 1.54) is 12.1 Å². The number of benzene rings is 3. The Bertz CT molecular complexity index is 1140. The molecule has 1 heterocycles. The highest BCUT2D eigenvalue weighted by molar-refractivity contribution is 6.30. The number of aryl methyl sites for hydroxylation is 1. The van der Waals surface area contributed by atoms with Gasteiger partial charge in [0.2, 0.25) is 0 Å². The van der Waals surface area contributed by atoms with Crippen molar-refractivity contribution in [1.29, 1.82) is 0 Å². The molecule has 1 aliphatic rings. The minimum absolute atomic E-state index is 0.00815. The van der Waals surface area contributed by atoms with E-state index < -0.39 is 0 Å². The molecule has 0 spiro atoms. The molecule has 7 heteroatoms. The maximum absolute atomic E-state index is 13.4. The topological polar surface area (TPSA) is 43.9 Å². The average molecular weight is 494 g/mol. The molecule has 3 aromatic rings. The first-order chi connectivity index (χ1) is 16.9. The van der Waals surface area contributed by atoms with Gasteiger partial charge in [-0.25, -0.2) is 4.39 Å². The van der Waals surface area contributed by atoms with Gasteiger partial charge in [0.1, 0.15) is 5.82 Å². The van der Waals surface area contributed by atoms with E-state index >= 15 is 0 Å². The number of halogens is 2. The molecular weight excluding hydrogens is 465 g/mol. The number of hydrogen-bond donors (Lipinski definition) is 0. The summed E-state index contributed by atoms with van der Waals surface area (Å²) in [6.45, 7) is 6.36. The van der Waals surface area contributed by atoms with Crippen LogP contribution in [0.25, 0.3) is 0 Å². The van der Waals surface area contributed by atoms with Gasteiger partial charge >= 0.3 is 0 Å². The molecule has 1 fully saturated rings. The Morgan fingerprint density at radius 2 is 1.46 bits per heavy atom. The molecule has 5 nitrogen and oxygen atoms in total. The minimum Gasteiger partial charge on any atom is -0.336 e. The maximum Gasteiger partial charge on any atom is 0.254 e. The third-order valence-corrected chi connectivity index (χ3v) is 6.56. The lowest BCUT2D eigenvalue weighted by Gasteiger charge is -2.36. The van der Waals surface area contributed by atoms with Gasteiger partial charge in [-0.05, 0) is 61.0 Å². The SMILES string of the molecule is Cc1ccc(C(=O)N(CCN2CCN(C(=O)c3ccc(Cl)cc3)CC2)Cc2ccc(F)cc2)cc1. The Labute approximate surface area is 210 Å². The van der Waals surface area contributed by atoms with Crippen LogP contribution in [-0.4, -0.2) is 65.8 Å². The molecule has 182 valence electrons. The van der Waals surface area contributed by atoms with Gasteiger partial charge in [-0.15, -0.1) is 0 Å². The van der Waals surface area contributed by atoms with Gasteiger partial charge in [-0.3, -0.25) is 14.5 Å². The zero-order valence-electron chi connectivity index (χ0n) is 19.8. The highest BCUT2D eigenvalue weighted by Gasteiger charge is 2.23. The number of carbonyl (C=O) groups is 2. The summed E-state index contributed by atoms with van der Waals surface area (Å²) in [7, 11) is 0. The fourth-order valence-corrected chi connectivity index (χ4v) is 4.28. The van der Waals surface area contributed by atoms with Crippen molar-refractivity contribution in [3.63, 3.8) is 0 Å². The molecule has 0 aromatic heterocycles. The van der Waals surface area contributed by atoms with Gasteiger partial charge < -0.3 is 9.80 Å². The van der Waals surface area contributed by atoms with E-state index in [9.17, 15) is 14.0 Å². The molecule has 0 atom stereocenters. The van der Waals surface area contributed by atoms with Crippen LogP contribution >= 0.6 is 11.6 Å². The number of rotatable bonds is 7. The normalized spacial score (nSPS) is 14.1. The average Bonchev–Trinajstić information content (AvgIpc) is 2.88. The first-order valence-corrected chi connectivity index (χ1v) is 12.1. The lowest BCUT2D eigenvalue weighted by atomic mass is 10.1. The summed E-state index contributed by atoms with van der Waals surface area (Å²) in [5, 5.41) is 0.608. The van der Waals surface area contributed by atoms with Crippen molar-refractivity contribution in [3.05, 3.63) is 106 Å². The number of hydrogen-bond acceptors (Lipinski definition) is 3. The van der Waals surface area contributed by atoms with E-state index in [0.717, 1.165) is 24.2 Å². The second-order valence-electron chi connectivity index (χ2n) is 8.86. The molecule has 2 amide bonds. The molecule has 0 aliphatic carbocycles. The van der Waals surface area contributed by atoms with Crippen LogP contribution in [0.1, 0.15) is 31.8 Å². The molecule has 0 saturated carbocycles. The van der Waals surface area contributed by atoms with Crippen molar-refractivity contribution in [2.75, 3.05) is 39.3 Å². The van der Waals surface area contributed by atoms with E-state index in [1.54, 1.807) is 36.4 Å². The Hall–Kier alpha value is -3.22. The van der Waals surface area contributed by atoms with Crippen LogP contribution in [0.4, 0.5) is 4.39 Å². The zero-order chi connectivity index (χ0) is 24.8. The first kappa shape index (κ1) is 24.9. The van der Waals surface area contributed by atoms with E-state index in [2.05, 4.69) is 4.90 Å². The quantitative estimate of drug-likeness (QED) is 0.471. The Balaban J connectivity index is 1.37. The van der Waals surface area contributed by atoms with E-state index in [-0.39, 0.29) is 17.6 Å². The van der Waals surface area contributed by atoms with Gasteiger partial charge in [-0.1, -0.05) is 41.4 Å². The molecule has 0 N–H and O–H groups in total. The molecule has 1 saturated heterocycles. The predicted octanol–water partition coefficient (Wildman–Crippen LogP) is 4.89. The maximum atomic E-state index is 13.4. The molecule has 1 aliphatic heterocycles. The fraction of sp³-hybridized carbons (Fsp3) is 0.286. The smallest absolute Gasteiger partial charge is 0.254 e. The van der Waals surface area contributed by atoms with Crippen molar-refractivity contribution < 1.29 is 14.0 Å². The lowest BCUT2D eigenvalue weighted by Crippen LogP contribution is -2.50. The van der Waals surface area contributed by atoms with E-state index in [0.29, 0.717) is 48.9 Å².